The Kier molecular flexibility index (Phi) is 3.70. The highest BCUT2D eigenvalue weighted by atomic mass is 16.6. The molecule has 0 radical (unpaired) electrons. The van der Waals surface area contributed by atoms with Crippen molar-refractivity contribution < 1.29 is 24.2 Å². The lowest BCUT2D eigenvalue weighted by atomic mass is 9.90. The van der Waals surface area contributed by atoms with E-state index in [9.17, 15) is 14.7 Å². The average molecular weight is 319 g/mol. The van der Waals surface area contributed by atoms with Crippen LogP contribution in [0, 0.1) is 0 Å². The van der Waals surface area contributed by atoms with Gasteiger partial charge in [-0.25, -0.2) is 9.59 Å². The first kappa shape index (κ1) is 15.6. The first-order valence-corrected chi connectivity index (χ1v) is 7.77. The number of fused-ring (bicyclic) bond motifs is 2. The van der Waals surface area contributed by atoms with E-state index in [-0.39, 0.29) is 0 Å². The zero-order valence-electron chi connectivity index (χ0n) is 13.6. The van der Waals surface area contributed by atoms with E-state index in [2.05, 4.69) is 0 Å². The van der Waals surface area contributed by atoms with E-state index in [1.54, 1.807) is 20.8 Å². The number of amides is 1. The van der Waals surface area contributed by atoms with E-state index in [4.69, 9.17) is 9.47 Å². The SMILES string of the molecule is CC(C)(C)OC(=O)N1CCc2cc3c(cc2C1C(=O)O)CCO3. The Morgan fingerprint density at radius 1 is 1.26 bits per heavy atom. The minimum Gasteiger partial charge on any atom is -0.493 e. The standard InChI is InChI=1S/C17H21NO5/c1-17(2,3)23-16(21)18-6-4-10-9-13-11(5-7-22-13)8-12(10)14(18)15(19)20/h8-9,14H,4-7H2,1-3H3,(H,19,20). The third kappa shape index (κ3) is 2.98. The van der Waals surface area contributed by atoms with E-state index >= 15 is 0 Å². The van der Waals surface area contributed by atoms with E-state index < -0.39 is 23.7 Å². The summed E-state index contributed by atoms with van der Waals surface area (Å²) in [6.45, 7) is 6.23. The van der Waals surface area contributed by atoms with Crippen LogP contribution in [0.3, 0.4) is 0 Å². The maximum atomic E-state index is 12.4. The fourth-order valence-corrected chi connectivity index (χ4v) is 3.08. The number of hydrogen-bond acceptors (Lipinski definition) is 4. The van der Waals surface area contributed by atoms with Gasteiger partial charge in [0.15, 0.2) is 6.04 Å². The molecule has 3 rings (SSSR count). The summed E-state index contributed by atoms with van der Waals surface area (Å²) < 4.78 is 10.9. The van der Waals surface area contributed by atoms with Gasteiger partial charge in [0.05, 0.1) is 6.61 Å². The summed E-state index contributed by atoms with van der Waals surface area (Å²) in [4.78, 5) is 25.5. The number of carboxylic acid groups (broad SMARTS) is 1. The number of nitrogens with zero attached hydrogens (tertiary/aromatic N) is 1. The number of carboxylic acids is 1. The second kappa shape index (κ2) is 5.44. The van der Waals surface area contributed by atoms with Crippen molar-refractivity contribution in [1.29, 1.82) is 0 Å². The zero-order valence-corrected chi connectivity index (χ0v) is 13.6. The van der Waals surface area contributed by atoms with Gasteiger partial charge in [0, 0.05) is 13.0 Å². The highest BCUT2D eigenvalue weighted by Gasteiger charge is 2.39. The molecular formula is C17H21NO5. The number of carbonyl (C=O) groups excluding carboxylic acids is 1. The molecule has 0 aliphatic carbocycles. The largest absolute Gasteiger partial charge is 0.493 e. The van der Waals surface area contributed by atoms with Crippen LogP contribution in [0.1, 0.15) is 43.5 Å². The molecule has 124 valence electrons. The van der Waals surface area contributed by atoms with Crippen molar-refractivity contribution in [3.05, 3.63) is 28.8 Å². The smallest absolute Gasteiger partial charge is 0.411 e. The molecule has 0 saturated heterocycles. The Morgan fingerprint density at radius 2 is 2.00 bits per heavy atom. The van der Waals surface area contributed by atoms with Gasteiger partial charge < -0.3 is 14.6 Å². The Hall–Kier alpha value is -2.24. The molecule has 2 heterocycles. The van der Waals surface area contributed by atoms with Crippen LogP contribution >= 0.6 is 0 Å². The predicted molar refractivity (Wildman–Crippen MR) is 82.7 cm³/mol. The summed E-state index contributed by atoms with van der Waals surface area (Å²) in [5.41, 5.74) is 1.93. The fraction of sp³-hybridized carbons (Fsp3) is 0.529. The molecule has 1 amide bonds. The lowest BCUT2D eigenvalue weighted by molar-refractivity contribution is -0.143. The van der Waals surface area contributed by atoms with Crippen LogP contribution in [-0.2, 0) is 22.4 Å². The van der Waals surface area contributed by atoms with Crippen molar-refractivity contribution in [1.82, 2.24) is 4.90 Å². The molecule has 0 fully saturated rings. The van der Waals surface area contributed by atoms with Gasteiger partial charge in [0.1, 0.15) is 11.4 Å². The van der Waals surface area contributed by atoms with Crippen LogP contribution in [0.4, 0.5) is 4.79 Å². The average Bonchev–Trinajstić information content (AvgIpc) is 2.88. The molecule has 1 aromatic carbocycles. The van der Waals surface area contributed by atoms with Crippen LogP contribution in [0.5, 0.6) is 5.75 Å². The summed E-state index contributed by atoms with van der Waals surface area (Å²) in [5, 5.41) is 9.67. The normalized spacial score (nSPS) is 19.6. The van der Waals surface area contributed by atoms with Gasteiger partial charge in [-0.2, -0.15) is 0 Å². The van der Waals surface area contributed by atoms with E-state index in [0.717, 1.165) is 23.3 Å². The third-order valence-electron chi connectivity index (χ3n) is 4.04. The molecule has 2 aliphatic rings. The van der Waals surface area contributed by atoms with Gasteiger partial charge in [-0.1, -0.05) is 0 Å². The molecule has 1 atom stereocenters. The summed E-state index contributed by atoms with van der Waals surface area (Å²) in [5.74, 6) is -0.214. The van der Waals surface area contributed by atoms with Crippen LogP contribution in [-0.4, -0.2) is 40.8 Å². The summed E-state index contributed by atoms with van der Waals surface area (Å²) in [7, 11) is 0. The molecule has 6 heteroatoms. The van der Waals surface area contributed by atoms with Crippen molar-refractivity contribution in [2.45, 2.75) is 45.3 Å². The molecule has 0 aromatic heterocycles. The Labute approximate surface area is 135 Å². The third-order valence-corrected chi connectivity index (χ3v) is 4.04. The highest BCUT2D eigenvalue weighted by molar-refractivity contribution is 5.83. The van der Waals surface area contributed by atoms with Crippen LogP contribution in [0.25, 0.3) is 0 Å². The number of aliphatic carboxylic acids is 1. The zero-order chi connectivity index (χ0) is 16.8. The summed E-state index contributed by atoms with van der Waals surface area (Å²) >= 11 is 0. The van der Waals surface area contributed by atoms with Gasteiger partial charge in [-0.05, 0) is 56.0 Å². The molecule has 0 spiro atoms. The Balaban J connectivity index is 1.96. The topological polar surface area (TPSA) is 76.1 Å². The van der Waals surface area contributed by atoms with Gasteiger partial charge in [0.25, 0.3) is 0 Å². The second-order valence-electron chi connectivity index (χ2n) is 6.92. The van der Waals surface area contributed by atoms with E-state index in [1.165, 1.54) is 4.90 Å². The van der Waals surface area contributed by atoms with Crippen LogP contribution < -0.4 is 4.74 Å². The second-order valence-corrected chi connectivity index (χ2v) is 6.92. The van der Waals surface area contributed by atoms with Gasteiger partial charge in [0.2, 0.25) is 0 Å². The Bertz CT molecular complexity index is 662. The molecular weight excluding hydrogens is 298 g/mol. The maximum Gasteiger partial charge on any atom is 0.411 e. The van der Waals surface area contributed by atoms with Crippen molar-refractivity contribution >= 4 is 12.1 Å². The first-order valence-electron chi connectivity index (χ1n) is 7.77. The summed E-state index contributed by atoms with van der Waals surface area (Å²) in [6.07, 6.45) is 0.767. The predicted octanol–water partition coefficient (Wildman–Crippen LogP) is 2.54. The summed E-state index contributed by atoms with van der Waals surface area (Å²) in [6, 6.07) is 2.77. The fourth-order valence-electron chi connectivity index (χ4n) is 3.08. The van der Waals surface area contributed by atoms with E-state index in [1.807, 2.05) is 12.1 Å². The molecule has 1 N–H and O–H groups in total. The lowest BCUT2D eigenvalue weighted by Crippen LogP contribution is -2.45. The maximum absolute atomic E-state index is 12.4. The molecule has 6 nitrogen and oxygen atoms in total. The molecule has 0 bridgehead atoms. The number of benzene rings is 1. The lowest BCUT2D eigenvalue weighted by Gasteiger charge is -2.36. The van der Waals surface area contributed by atoms with Gasteiger partial charge in [-0.15, -0.1) is 0 Å². The molecule has 1 unspecified atom stereocenters. The van der Waals surface area contributed by atoms with Crippen molar-refractivity contribution in [2.24, 2.45) is 0 Å². The van der Waals surface area contributed by atoms with Crippen molar-refractivity contribution in [2.75, 3.05) is 13.2 Å². The van der Waals surface area contributed by atoms with Crippen molar-refractivity contribution in [3.63, 3.8) is 0 Å². The van der Waals surface area contributed by atoms with E-state index in [0.29, 0.717) is 25.1 Å². The Morgan fingerprint density at radius 3 is 2.65 bits per heavy atom. The first-order chi connectivity index (χ1) is 10.8. The van der Waals surface area contributed by atoms with Crippen molar-refractivity contribution in [3.8, 4) is 5.75 Å². The minimum absolute atomic E-state index is 0.317. The van der Waals surface area contributed by atoms with Crippen LogP contribution in [0.15, 0.2) is 12.1 Å². The molecule has 23 heavy (non-hydrogen) atoms. The number of ether oxygens (including phenoxy) is 2. The number of rotatable bonds is 1. The highest BCUT2D eigenvalue weighted by Crippen LogP contribution is 2.37. The number of hydrogen-bond donors (Lipinski definition) is 1. The molecule has 1 aromatic rings. The number of carbonyl (C=O) groups is 2. The molecule has 0 saturated carbocycles. The molecule has 2 aliphatic heterocycles. The quantitative estimate of drug-likeness (QED) is 0.861. The van der Waals surface area contributed by atoms with Gasteiger partial charge in [-0.3, -0.25) is 4.90 Å². The van der Waals surface area contributed by atoms with Gasteiger partial charge >= 0.3 is 12.1 Å². The monoisotopic (exact) mass is 319 g/mol. The minimum atomic E-state index is -1.05. The van der Waals surface area contributed by atoms with Crippen LogP contribution in [0.2, 0.25) is 0 Å².